The van der Waals surface area contributed by atoms with E-state index in [1.54, 1.807) is 12.1 Å². The third-order valence-corrected chi connectivity index (χ3v) is 5.74. The van der Waals surface area contributed by atoms with Gasteiger partial charge in [0.2, 0.25) is 5.88 Å². The summed E-state index contributed by atoms with van der Waals surface area (Å²) in [5.74, 6) is 0.138. The van der Waals surface area contributed by atoms with Crippen molar-refractivity contribution < 1.29 is 22.7 Å². The van der Waals surface area contributed by atoms with Gasteiger partial charge < -0.3 is 15.4 Å². The first-order valence-corrected chi connectivity index (χ1v) is 11.0. The summed E-state index contributed by atoms with van der Waals surface area (Å²) in [6.07, 6.45) is -4.54. The Kier molecular flexibility index (Phi) is 6.58. The number of halogens is 4. The molecule has 35 heavy (non-hydrogen) atoms. The van der Waals surface area contributed by atoms with Crippen molar-refractivity contribution in [1.82, 2.24) is 4.98 Å². The van der Waals surface area contributed by atoms with Gasteiger partial charge in [0.15, 0.2) is 0 Å². The number of anilines is 2. The highest BCUT2D eigenvalue weighted by Crippen LogP contribution is 2.44. The molecule has 1 aromatic heterocycles. The molecule has 0 saturated carbocycles. The molecule has 4 aromatic rings. The van der Waals surface area contributed by atoms with Gasteiger partial charge in [0.25, 0.3) is 0 Å². The molecular weight excluding hydrogens is 479 g/mol. The Labute approximate surface area is 204 Å². The third kappa shape index (κ3) is 5.02. The zero-order valence-corrected chi connectivity index (χ0v) is 19.8. The number of methoxy groups -OCH3 is 1. The van der Waals surface area contributed by atoms with Crippen molar-refractivity contribution in [2.24, 2.45) is 0 Å². The van der Waals surface area contributed by atoms with E-state index in [0.29, 0.717) is 21.7 Å². The number of hydrogen-bond donors (Lipinski definition) is 2. The Hall–Kier alpha value is -3.78. The minimum atomic E-state index is -4.54. The first-order chi connectivity index (χ1) is 16.6. The molecular formula is C26H21ClF3N3O2. The van der Waals surface area contributed by atoms with Crippen LogP contribution < -0.4 is 15.4 Å². The van der Waals surface area contributed by atoms with Crippen LogP contribution in [0.2, 0.25) is 5.02 Å². The van der Waals surface area contributed by atoms with Crippen LogP contribution >= 0.6 is 11.6 Å². The van der Waals surface area contributed by atoms with Crippen LogP contribution in [0.25, 0.3) is 22.0 Å². The van der Waals surface area contributed by atoms with E-state index >= 15 is 0 Å². The number of nitrogens with one attached hydrogen (secondary N) is 2. The van der Waals surface area contributed by atoms with Crippen LogP contribution in [0.4, 0.5) is 29.3 Å². The molecule has 0 aliphatic heterocycles. The maximum absolute atomic E-state index is 13.1. The molecule has 0 aliphatic carbocycles. The number of aromatic nitrogens is 1. The number of pyridine rings is 1. The lowest BCUT2D eigenvalue weighted by atomic mass is 9.96. The summed E-state index contributed by atoms with van der Waals surface area (Å²) in [7, 11) is 1.42. The summed E-state index contributed by atoms with van der Waals surface area (Å²) in [6, 6.07) is 14.7. The molecule has 2 N–H and O–H groups in total. The predicted molar refractivity (Wildman–Crippen MR) is 132 cm³/mol. The molecule has 0 spiro atoms. The number of carbonyl (C=O) groups is 1. The zero-order chi connectivity index (χ0) is 25.3. The minimum Gasteiger partial charge on any atom is -0.479 e. The van der Waals surface area contributed by atoms with Crippen molar-refractivity contribution in [1.29, 1.82) is 0 Å². The molecule has 0 atom stereocenters. The Bertz CT molecular complexity index is 1440. The number of ether oxygens (including phenoxy) is 1. The van der Waals surface area contributed by atoms with Crippen molar-refractivity contribution in [2.45, 2.75) is 20.0 Å². The third-order valence-electron chi connectivity index (χ3n) is 5.41. The van der Waals surface area contributed by atoms with E-state index in [9.17, 15) is 18.0 Å². The minimum absolute atomic E-state index is 0.0176. The highest BCUT2D eigenvalue weighted by molar-refractivity contribution is 6.34. The lowest BCUT2D eigenvalue weighted by Gasteiger charge is -2.19. The highest BCUT2D eigenvalue weighted by atomic mass is 35.5. The standard InChI is InChI=1S/C26H21ClF3N3O2/c1-14-11-15(2)22-19(12-14)21(18-9-4-5-10-20(18)27)23(24(32-22)35-3)33-25(34)31-17-8-6-7-16(13-17)26(28,29)30/h4-13H,1-3H3,(H2,31,33,34). The number of aryl methyl sites for hydroxylation is 2. The fourth-order valence-corrected chi connectivity index (χ4v) is 4.18. The first kappa shape index (κ1) is 24.3. The maximum atomic E-state index is 13.1. The van der Waals surface area contributed by atoms with Crippen molar-refractivity contribution in [3.63, 3.8) is 0 Å². The summed E-state index contributed by atoms with van der Waals surface area (Å²) >= 11 is 6.54. The monoisotopic (exact) mass is 499 g/mol. The summed E-state index contributed by atoms with van der Waals surface area (Å²) in [4.78, 5) is 17.5. The Balaban J connectivity index is 1.85. The summed E-state index contributed by atoms with van der Waals surface area (Å²) in [5, 5.41) is 6.36. The Morgan fingerprint density at radius 3 is 2.43 bits per heavy atom. The predicted octanol–water partition coefficient (Wildman–Crippen LogP) is 7.84. The molecule has 1 heterocycles. The van der Waals surface area contributed by atoms with Crippen LogP contribution in [-0.4, -0.2) is 18.1 Å². The Morgan fingerprint density at radius 2 is 1.74 bits per heavy atom. The highest BCUT2D eigenvalue weighted by Gasteiger charge is 2.30. The van der Waals surface area contributed by atoms with Crippen LogP contribution in [0.1, 0.15) is 16.7 Å². The molecule has 180 valence electrons. The fourth-order valence-electron chi connectivity index (χ4n) is 3.95. The van der Waals surface area contributed by atoms with E-state index < -0.39 is 17.8 Å². The second kappa shape index (κ2) is 9.46. The Morgan fingerprint density at radius 1 is 1.00 bits per heavy atom. The smallest absolute Gasteiger partial charge is 0.416 e. The van der Waals surface area contributed by atoms with E-state index in [4.69, 9.17) is 16.3 Å². The molecule has 0 bridgehead atoms. The van der Waals surface area contributed by atoms with Crippen LogP contribution in [0.3, 0.4) is 0 Å². The second-order valence-electron chi connectivity index (χ2n) is 7.99. The number of hydrogen-bond acceptors (Lipinski definition) is 3. The maximum Gasteiger partial charge on any atom is 0.416 e. The van der Waals surface area contributed by atoms with E-state index in [1.165, 1.54) is 19.2 Å². The second-order valence-corrected chi connectivity index (χ2v) is 8.39. The number of nitrogens with zero attached hydrogens (tertiary/aromatic N) is 1. The molecule has 0 saturated heterocycles. The summed E-state index contributed by atoms with van der Waals surface area (Å²) in [6.45, 7) is 3.87. The van der Waals surface area contributed by atoms with Gasteiger partial charge in [-0.3, -0.25) is 0 Å². The van der Waals surface area contributed by atoms with Crippen molar-refractivity contribution >= 4 is 39.9 Å². The molecule has 0 aliphatic rings. The molecule has 0 fully saturated rings. The number of amides is 2. The van der Waals surface area contributed by atoms with Gasteiger partial charge in [-0.05, 0) is 49.7 Å². The van der Waals surface area contributed by atoms with Gasteiger partial charge in [-0.15, -0.1) is 0 Å². The molecule has 2 amide bonds. The fraction of sp³-hybridized carbons (Fsp3) is 0.154. The van der Waals surface area contributed by atoms with Crippen LogP contribution in [-0.2, 0) is 6.18 Å². The van der Waals surface area contributed by atoms with Gasteiger partial charge >= 0.3 is 12.2 Å². The molecule has 0 unspecified atom stereocenters. The van der Waals surface area contributed by atoms with Crippen molar-refractivity contribution in [3.05, 3.63) is 82.4 Å². The van der Waals surface area contributed by atoms with Gasteiger partial charge in [0.1, 0.15) is 5.69 Å². The normalized spacial score (nSPS) is 11.4. The lowest BCUT2D eigenvalue weighted by molar-refractivity contribution is -0.137. The number of carbonyl (C=O) groups excluding carboxylic acids is 1. The lowest BCUT2D eigenvalue weighted by Crippen LogP contribution is -2.21. The molecule has 3 aromatic carbocycles. The number of urea groups is 1. The molecule has 9 heteroatoms. The van der Waals surface area contributed by atoms with Crippen molar-refractivity contribution in [3.8, 4) is 17.0 Å². The first-order valence-electron chi connectivity index (χ1n) is 10.6. The van der Waals surface area contributed by atoms with Crippen LogP contribution in [0.15, 0.2) is 60.7 Å². The topological polar surface area (TPSA) is 63.2 Å². The number of fused-ring (bicyclic) bond motifs is 1. The molecule has 5 nitrogen and oxygen atoms in total. The van der Waals surface area contributed by atoms with Crippen molar-refractivity contribution in [2.75, 3.05) is 17.7 Å². The van der Waals surface area contributed by atoms with Gasteiger partial charge in [0, 0.05) is 27.2 Å². The van der Waals surface area contributed by atoms with Crippen LogP contribution in [0, 0.1) is 13.8 Å². The number of rotatable bonds is 4. The van der Waals surface area contributed by atoms with Gasteiger partial charge in [0.05, 0.1) is 18.2 Å². The summed E-state index contributed by atoms with van der Waals surface area (Å²) in [5.41, 5.74) is 3.14. The zero-order valence-electron chi connectivity index (χ0n) is 19.0. The van der Waals surface area contributed by atoms with E-state index in [1.807, 2.05) is 38.1 Å². The van der Waals surface area contributed by atoms with Gasteiger partial charge in [-0.25, -0.2) is 9.78 Å². The summed E-state index contributed by atoms with van der Waals surface area (Å²) < 4.78 is 44.7. The average Bonchev–Trinajstić information content (AvgIpc) is 2.79. The average molecular weight is 500 g/mol. The molecule has 4 rings (SSSR count). The van der Waals surface area contributed by atoms with E-state index in [-0.39, 0.29) is 17.3 Å². The van der Waals surface area contributed by atoms with Gasteiger partial charge in [-0.2, -0.15) is 13.2 Å². The van der Waals surface area contributed by atoms with E-state index in [2.05, 4.69) is 15.6 Å². The SMILES string of the molecule is COc1nc2c(C)cc(C)cc2c(-c2ccccc2Cl)c1NC(=O)Nc1cccc(C(F)(F)F)c1. The molecule has 0 radical (unpaired) electrons. The van der Waals surface area contributed by atoms with Gasteiger partial charge in [-0.1, -0.05) is 47.5 Å². The number of benzene rings is 3. The van der Waals surface area contributed by atoms with Crippen LogP contribution in [0.5, 0.6) is 5.88 Å². The largest absolute Gasteiger partial charge is 0.479 e. The van der Waals surface area contributed by atoms with E-state index in [0.717, 1.165) is 28.6 Å². The number of alkyl halides is 3. The quantitative estimate of drug-likeness (QED) is 0.300.